The molecule has 3 rings (SSSR count). The van der Waals surface area contributed by atoms with Crippen LogP contribution in [0.3, 0.4) is 0 Å². The normalized spacial score (nSPS) is 19.4. The third-order valence-corrected chi connectivity index (χ3v) is 4.80. The maximum absolute atomic E-state index is 13.9. The van der Waals surface area contributed by atoms with Crippen molar-refractivity contribution in [2.45, 2.75) is 58.7 Å². The molecule has 1 saturated heterocycles. The first-order valence-electron chi connectivity index (χ1n) is 8.94. The highest BCUT2D eigenvalue weighted by atomic mass is 19.1. The molecule has 2 unspecified atom stereocenters. The van der Waals surface area contributed by atoms with Gasteiger partial charge in [-0.05, 0) is 53.2 Å². The predicted molar refractivity (Wildman–Crippen MR) is 98.3 cm³/mol. The van der Waals surface area contributed by atoms with E-state index in [-0.39, 0.29) is 17.4 Å². The molecule has 0 saturated carbocycles. The molecule has 6 heteroatoms. The lowest BCUT2D eigenvalue weighted by Crippen LogP contribution is -2.35. The minimum Gasteiger partial charge on any atom is -0.353 e. The molecule has 2 aromatic heterocycles. The lowest BCUT2D eigenvalue weighted by Gasteiger charge is -2.21. The monoisotopic (exact) mass is 345 g/mol. The van der Waals surface area contributed by atoms with Crippen molar-refractivity contribution in [3.05, 3.63) is 41.6 Å². The Labute approximate surface area is 149 Å². The van der Waals surface area contributed by atoms with Crippen LogP contribution in [-0.2, 0) is 5.54 Å². The van der Waals surface area contributed by atoms with E-state index in [1.165, 1.54) is 11.6 Å². The van der Waals surface area contributed by atoms with Crippen molar-refractivity contribution in [2.24, 2.45) is 0 Å². The van der Waals surface area contributed by atoms with Crippen LogP contribution in [0.25, 0.3) is 0 Å². The Morgan fingerprint density at radius 1 is 1.36 bits per heavy atom. The summed E-state index contributed by atoms with van der Waals surface area (Å²) in [5.74, 6) is 0.203. The number of nitrogens with one attached hydrogen (secondary N) is 1. The summed E-state index contributed by atoms with van der Waals surface area (Å²) >= 11 is 0. The van der Waals surface area contributed by atoms with Gasteiger partial charge in [0.1, 0.15) is 0 Å². The van der Waals surface area contributed by atoms with Gasteiger partial charge in [-0.25, -0.2) is 9.37 Å². The zero-order valence-corrected chi connectivity index (χ0v) is 15.8. The van der Waals surface area contributed by atoms with Gasteiger partial charge in [0.05, 0.1) is 11.2 Å². The van der Waals surface area contributed by atoms with Crippen LogP contribution >= 0.6 is 0 Å². The second kappa shape index (κ2) is 6.75. The van der Waals surface area contributed by atoms with E-state index >= 15 is 0 Å². The molecule has 0 radical (unpaired) electrons. The molecular formula is C19H28FN5. The van der Waals surface area contributed by atoms with Crippen molar-refractivity contribution in [1.82, 2.24) is 20.1 Å². The zero-order valence-electron chi connectivity index (χ0n) is 15.8. The van der Waals surface area contributed by atoms with E-state index in [9.17, 15) is 4.39 Å². The number of halogens is 1. The van der Waals surface area contributed by atoms with Crippen LogP contribution in [0, 0.1) is 12.7 Å². The minimum absolute atomic E-state index is 0.0244. The first-order chi connectivity index (χ1) is 11.8. The fourth-order valence-electron chi connectivity index (χ4n) is 3.38. The van der Waals surface area contributed by atoms with Crippen molar-refractivity contribution in [3.63, 3.8) is 0 Å². The Balaban J connectivity index is 1.66. The molecule has 3 heterocycles. The van der Waals surface area contributed by atoms with Crippen LogP contribution in [-0.4, -0.2) is 33.9 Å². The molecule has 0 aliphatic carbocycles. The zero-order chi connectivity index (χ0) is 18.2. The molecule has 136 valence electrons. The van der Waals surface area contributed by atoms with E-state index in [4.69, 9.17) is 0 Å². The summed E-state index contributed by atoms with van der Waals surface area (Å²) in [5.41, 5.74) is 2.25. The van der Waals surface area contributed by atoms with Crippen molar-refractivity contribution in [2.75, 3.05) is 18.0 Å². The van der Waals surface area contributed by atoms with Crippen LogP contribution in [0.5, 0.6) is 0 Å². The quantitative estimate of drug-likeness (QED) is 0.922. The molecule has 2 atom stereocenters. The average Bonchev–Trinajstić information content (AvgIpc) is 3.14. The highest BCUT2D eigenvalue weighted by molar-refractivity contribution is 5.41. The number of nitrogens with zero attached hydrogens (tertiary/aromatic N) is 4. The third kappa shape index (κ3) is 3.84. The van der Waals surface area contributed by atoms with Crippen molar-refractivity contribution in [3.8, 4) is 0 Å². The van der Waals surface area contributed by atoms with Gasteiger partial charge >= 0.3 is 0 Å². The Bertz CT molecular complexity index is 734. The molecular weight excluding hydrogens is 317 g/mol. The summed E-state index contributed by atoms with van der Waals surface area (Å²) in [4.78, 5) is 6.21. The largest absolute Gasteiger partial charge is 0.353 e. The molecule has 25 heavy (non-hydrogen) atoms. The van der Waals surface area contributed by atoms with Gasteiger partial charge in [0.15, 0.2) is 11.6 Å². The molecule has 1 N–H and O–H groups in total. The maximum atomic E-state index is 13.9. The van der Waals surface area contributed by atoms with Gasteiger partial charge in [0, 0.05) is 43.1 Å². The molecule has 1 aliphatic heterocycles. The summed E-state index contributed by atoms with van der Waals surface area (Å²) in [6.45, 7) is 12.3. The van der Waals surface area contributed by atoms with E-state index in [1.807, 2.05) is 9.58 Å². The van der Waals surface area contributed by atoms with Gasteiger partial charge in [-0.15, -0.1) is 0 Å². The summed E-state index contributed by atoms with van der Waals surface area (Å²) in [7, 11) is 0. The number of rotatable bonds is 4. The fraction of sp³-hybridized carbons (Fsp3) is 0.579. The van der Waals surface area contributed by atoms with E-state index in [0.717, 1.165) is 25.2 Å². The van der Waals surface area contributed by atoms with Crippen LogP contribution in [0.4, 0.5) is 10.2 Å². The van der Waals surface area contributed by atoms with Crippen LogP contribution in [0.2, 0.25) is 0 Å². The average molecular weight is 345 g/mol. The smallest absolute Gasteiger partial charge is 0.165 e. The lowest BCUT2D eigenvalue weighted by atomic mass is 10.1. The van der Waals surface area contributed by atoms with E-state index in [2.05, 4.69) is 56.2 Å². The summed E-state index contributed by atoms with van der Waals surface area (Å²) in [6.07, 6.45) is 4.76. The van der Waals surface area contributed by atoms with E-state index in [1.54, 1.807) is 12.3 Å². The van der Waals surface area contributed by atoms with Gasteiger partial charge in [-0.2, -0.15) is 5.10 Å². The van der Waals surface area contributed by atoms with Crippen molar-refractivity contribution >= 4 is 5.82 Å². The molecule has 1 fully saturated rings. The Kier molecular flexibility index (Phi) is 4.82. The molecule has 5 nitrogen and oxygen atoms in total. The highest BCUT2D eigenvalue weighted by Crippen LogP contribution is 2.25. The first kappa shape index (κ1) is 17.9. The number of hydrogen-bond donors (Lipinski definition) is 1. The van der Waals surface area contributed by atoms with Crippen LogP contribution < -0.4 is 10.2 Å². The van der Waals surface area contributed by atoms with Crippen LogP contribution in [0.15, 0.2) is 24.5 Å². The minimum atomic E-state index is -0.251. The number of aromatic nitrogens is 3. The van der Waals surface area contributed by atoms with Gasteiger partial charge in [-0.1, -0.05) is 0 Å². The SMILES string of the molecule is Cc1nn(C(C)(C)C)cc1C(C)NC1CCN(c2ncccc2F)C1. The second-order valence-corrected chi connectivity index (χ2v) is 7.91. The molecule has 0 amide bonds. The predicted octanol–water partition coefficient (Wildman–Crippen LogP) is 3.41. The van der Waals surface area contributed by atoms with Gasteiger partial charge < -0.3 is 10.2 Å². The number of hydrogen-bond acceptors (Lipinski definition) is 4. The molecule has 2 aromatic rings. The standard InChI is InChI=1S/C19H28FN5/c1-13(16-12-25(19(3,4)5)23-14(16)2)22-15-8-10-24(11-15)18-17(20)7-6-9-21-18/h6-7,9,12-13,15,22H,8,10-11H2,1-5H3. The van der Waals surface area contributed by atoms with Gasteiger partial charge in [0.2, 0.25) is 0 Å². The summed E-state index contributed by atoms with van der Waals surface area (Å²) in [6, 6.07) is 3.61. The molecule has 0 aromatic carbocycles. The summed E-state index contributed by atoms with van der Waals surface area (Å²) in [5, 5.41) is 8.33. The number of anilines is 1. The topological polar surface area (TPSA) is 46.0 Å². The lowest BCUT2D eigenvalue weighted by molar-refractivity contribution is 0.353. The highest BCUT2D eigenvalue weighted by Gasteiger charge is 2.27. The summed E-state index contributed by atoms with van der Waals surface area (Å²) < 4.78 is 16.0. The van der Waals surface area contributed by atoms with E-state index < -0.39 is 0 Å². The molecule has 0 spiro atoms. The van der Waals surface area contributed by atoms with E-state index in [0.29, 0.717) is 11.9 Å². The molecule has 1 aliphatic rings. The second-order valence-electron chi connectivity index (χ2n) is 7.91. The van der Waals surface area contributed by atoms with Gasteiger partial charge in [0.25, 0.3) is 0 Å². The Hall–Kier alpha value is -1.95. The number of pyridine rings is 1. The third-order valence-electron chi connectivity index (χ3n) is 4.80. The Morgan fingerprint density at radius 3 is 2.76 bits per heavy atom. The molecule has 0 bridgehead atoms. The maximum Gasteiger partial charge on any atom is 0.165 e. The van der Waals surface area contributed by atoms with Crippen molar-refractivity contribution < 1.29 is 4.39 Å². The van der Waals surface area contributed by atoms with Crippen LogP contribution in [0.1, 0.15) is 51.4 Å². The first-order valence-corrected chi connectivity index (χ1v) is 8.94. The fourth-order valence-corrected chi connectivity index (χ4v) is 3.38. The Morgan fingerprint density at radius 2 is 2.12 bits per heavy atom. The number of aryl methyl sites for hydroxylation is 1. The van der Waals surface area contributed by atoms with Gasteiger partial charge in [-0.3, -0.25) is 4.68 Å². The van der Waals surface area contributed by atoms with Crippen molar-refractivity contribution in [1.29, 1.82) is 0 Å².